The van der Waals surface area contributed by atoms with Gasteiger partial charge >= 0.3 is 11.9 Å². The first kappa shape index (κ1) is 14.0. The smallest absolute Gasteiger partial charge is 0.331 e. The van der Waals surface area contributed by atoms with E-state index in [-0.39, 0.29) is 5.37 Å². The number of rotatable bonds is 6. The minimum Gasteiger partial charge on any atom is -0.480 e. The average molecular weight is 284 g/mol. The molecule has 92 valence electrons. The molecule has 6 nitrogen and oxygen atoms in total. The molecule has 1 rings (SSSR count). The van der Waals surface area contributed by atoms with Crippen LogP contribution in [0.1, 0.15) is 0 Å². The molecule has 16 heavy (non-hydrogen) atoms. The molecule has 0 aromatic carbocycles. The molecule has 1 fully saturated rings. The summed E-state index contributed by atoms with van der Waals surface area (Å²) in [6.45, 7) is 0. The van der Waals surface area contributed by atoms with Gasteiger partial charge in [-0.3, -0.25) is 10.1 Å². The quantitative estimate of drug-likeness (QED) is 0.391. The largest absolute Gasteiger partial charge is 0.480 e. The minimum atomic E-state index is -1.05. The fraction of sp³-hybridized carbons (Fsp3) is 0.714. The van der Waals surface area contributed by atoms with Gasteiger partial charge in [0.05, 0.1) is 5.37 Å². The lowest BCUT2D eigenvalue weighted by atomic mass is 10.3. The van der Waals surface area contributed by atoms with Crippen molar-refractivity contribution in [3.63, 3.8) is 0 Å². The van der Waals surface area contributed by atoms with Gasteiger partial charge in [0.2, 0.25) is 0 Å². The van der Waals surface area contributed by atoms with Gasteiger partial charge in [-0.05, 0) is 0 Å². The highest BCUT2D eigenvalue weighted by molar-refractivity contribution is 8.77. The summed E-state index contributed by atoms with van der Waals surface area (Å²) in [7, 11) is 2.41. The van der Waals surface area contributed by atoms with Gasteiger partial charge in [-0.2, -0.15) is 0 Å². The molecule has 9 heteroatoms. The zero-order chi connectivity index (χ0) is 12.1. The number of hydrogen-bond donors (Lipinski definition) is 4. The Bertz CT molecular complexity index is 278. The molecular formula is C7H12N2O4S3. The first-order valence-electron chi connectivity index (χ1n) is 4.38. The van der Waals surface area contributed by atoms with Gasteiger partial charge < -0.3 is 15.9 Å². The molecule has 1 aliphatic heterocycles. The first-order chi connectivity index (χ1) is 7.50. The van der Waals surface area contributed by atoms with Crippen LogP contribution >= 0.6 is 33.3 Å². The van der Waals surface area contributed by atoms with Gasteiger partial charge in [0.1, 0.15) is 6.04 Å². The van der Waals surface area contributed by atoms with Gasteiger partial charge in [0, 0.05) is 11.5 Å². The molecule has 0 aromatic heterocycles. The summed E-state index contributed by atoms with van der Waals surface area (Å²) >= 11 is 1.52. The van der Waals surface area contributed by atoms with Crippen LogP contribution in [0.25, 0.3) is 0 Å². The highest BCUT2D eigenvalue weighted by Gasteiger charge is 2.29. The summed E-state index contributed by atoms with van der Waals surface area (Å²) < 4.78 is 0. The van der Waals surface area contributed by atoms with E-state index in [1.165, 1.54) is 22.6 Å². The van der Waals surface area contributed by atoms with Crippen LogP contribution in [0, 0.1) is 0 Å². The number of carbonyl (C=O) groups is 2. The summed E-state index contributed by atoms with van der Waals surface area (Å²) in [5.41, 5.74) is 5.30. The third kappa shape index (κ3) is 4.42. The number of hydrogen-bond acceptors (Lipinski definition) is 7. The Labute approximate surface area is 104 Å². The molecular weight excluding hydrogens is 272 g/mol. The van der Waals surface area contributed by atoms with E-state index in [9.17, 15) is 9.59 Å². The Hall–Kier alpha value is -0.0900. The summed E-state index contributed by atoms with van der Waals surface area (Å²) in [6, 6.07) is -0.506. The van der Waals surface area contributed by atoms with E-state index >= 15 is 0 Å². The van der Waals surface area contributed by atoms with Crippen LogP contribution < -0.4 is 11.1 Å². The second-order valence-corrected chi connectivity index (χ2v) is 6.81. The number of nitrogens with one attached hydrogen (secondary N) is 1. The molecule has 2 unspecified atom stereocenters. The van der Waals surface area contributed by atoms with E-state index in [4.69, 9.17) is 15.9 Å². The standard InChI is InChI=1S/C7H12N2O4S3/c8-5(7(12)13)16-15-2-4-9-3(1-14-4)6(10)11/h3-5,9H,1-2,8H2,(H,10,11)(H,12,13)/t3-,4?,5?/m0/s1. The third-order valence-electron chi connectivity index (χ3n) is 1.78. The maximum Gasteiger partial charge on any atom is 0.331 e. The van der Waals surface area contributed by atoms with Crippen LogP contribution in [0.2, 0.25) is 0 Å². The second-order valence-electron chi connectivity index (χ2n) is 3.02. The number of nitrogens with two attached hydrogens (primary N) is 1. The fourth-order valence-electron chi connectivity index (χ4n) is 0.987. The maximum atomic E-state index is 10.6. The molecule has 0 radical (unpaired) electrons. The summed E-state index contributed by atoms with van der Waals surface area (Å²) in [6.07, 6.45) is 0. The molecule has 5 N–H and O–H groups in total. The minimum absolute atomic E-state index is 0.0413. The Kier molecular flexibility index (Phi) is 5.76. The Morgan fingerprint density at radius 2 is 2.25 bits per heavy atom. The van der Waals surface area contributed by atoms with Crippen molar-refractivity contribution >= 4 is 45.3 Å². The topological polar surface area (TPSA) is 113 Å². The summed E-state index contributed by atoms with van der Waals surface area (Å²) in [5, 5.41) is 19.3. The van der Waals surface area contributed by atoms with Crippen LogP contribution in [0.15, 0.2) is 0 Å². The second kappa shape index (κ2) is 6.60. The Balaban J connectivity index is 2.16. The summed E-state index contributed by atoms with van der Waals surface area (Å²) in [4.78, 5) is 21.0. The van der Waals surface area contributed by atoms with Crippen molar-refractivity contribution in [1.82, 2.24) is 5.32 Å². The molecule has 0 aliphatic carbocycles. The zero-order valence-electron chi connectivity index (χ0n) is 8.16. The van der Waals surface area contributed by atoms with Crippen molar-refractivity contribution in [2.75, 3.05) is 11.5 Å². The lowest BCUT2D eigenvalue weighted by Crippen LogP contribution is -2.37. The fourth-order valence-corrected chi connectivity index (χ4v) is 4.62. The first-order valence-corrected chi connectivity index (χ1v) is 7.81. The van der Waals surface area contributed by atoms with Crippen LogP contribution in [0.5, 0.6) is 0 Å². The Morgan fingerprint density at radius 3 is 2.75 bits per heavy atom. The lowest BCUT2D eigenvalue weighted by molar-refractivity contribution is -0.139. The van der Waals surface area contributed by atoms with E-state index in [2.05, 4.69) is 5.32 Å². The van der Waals surface area contributed by atoms with Crippen molar-refractivity contribution < 1.29 is 19.8 Å². The molecule has 1 heterocycles. The van der Waals surface area contributed by atoms with Crippen molar-refractivity contribution in [2.24, 2.45) is 5.73 Å². The van der Waals surface area contributed by atoms with E-state index in [0.29, 0.717) is 11.5 Å². The maximum absolute atomic E-state index is 10.6. The highest BCUT2D eigenvalue weighted by atomic mass is 33.1. The van der Waals surface area contributed by atoms with Crippen LogP contribution in [0.4, 0.5) is 0 Å². The van der Waals surface area contributed by atoms with Crippen LogP contribution in [-0.4, -0.2) is 50.4 Å². The van der Waals surface area contributed by atoms with Crippen LogP contribution in [-0.2, 0) is 9.59 Å². The highest BCUT2D eigenvalue weighted by Crippen LogP contribution is 2.30. The Morgan fingerprint density at radius 1 is 1.56 bits per heavy atom. The molecule has 0 aromatic rings. The zero-order valence-corrected chi connectivity index (χ0v) is 10.6. The monoisotopic (exact) mass is 284 g/mol. The van der Waals surface area contributed by atoms with Crippen molar-refractivity contribution in [1.29, 1.82) is 0 Å². The van der Waals surface area contributed by atoms with Gasteiger partial charge in [0.15, 0.2) is 5.37 Å². The number of carboxylic acid groups (broad SMARTS) is 2. The molecule has 0 spiro atoms. The molecule has 1 saturated heterocycles. The number of aliphatic carboxylic acids is 2. The molecule has 0 saturated carbocycles. The predicted molar refractivity (Wildman–Crippen MR) is 66.5 cm³/mol. The average Bonchev–Trinajstić information content (AvgIpc) is 2.66. The SMILES string of the molecule is NC(SSCC1N[C@H](C(=O)O)CS1)C(=O)O. The molecule has 0 amide bonds. The predicted octanol–water partition coefficient (Wildman–Crippen LogP) is -0.147. The third-order valence-corrected chi connectivity index (χ3v) is 5.68. The van der Waals surface area contributed by atoms with Gasteiger partial charge in [0.25, 0.3) is 0 Å². The van der Waals surface area contributed by atoms with E-state index in [1.54, 1.807) is 0 Å². The number of thioether (sulfide) groups is 1. The lowest BCUT2D eigenvalue weighted by Gasteiger charge is -2.10. The van der Waals surface area contributed by atoms with Gasteiger partial charge in [-0.25, -0.2) is 4.79 Å². The van der Waals surface area contributed by atoms with Crippen molar-refractivity contribution in [3.05, 3.63) is 0 Å². The molecule has 3 atom stereocenters. The molecule has 1 aliphatic rings. The number of carboxylic acids is 2. The normalized spacial score (nSPS) is 26.6. The van der Waals surface area contributed by atoms with E-state index < -0.39 is 23.4 Å². The van der Waals surface area contributed by atoms with E-state index in [0.717, 1.165) is 10.8 Å². The molecule has 0 bridgehead atoms. The van der Waals surface area contributed by atoms with Crippen LogP contribution in [0.3, 0.4) is 0 Å². The van der Waals surface area contributed by atoms with Gasteiger partial charge in [-0.15, -0.1) is 11.8 Å². The van der Waals surface area contributed by atoms with Crippen molar-refractivity contribution in [3.8, 4) is 0 Å². The summed E-state index contributed by atoms with van der Waals surface area (Å²) in [5.74, 6) is -0.737. The van der Waals surface area contributed by atoms with Crippen molar-refractivity contribution in [2.45, 2.75) is 16.8 Å². The van der Waals surface area contributed by atoms with Gasteiger partial charge in [-0.1, -0.05) is 21.6 Å². The van der Waals surface area contributed by atoms with E-state index in [1.807, 2.05) is 0 Å².